The lowest BCUT2D eigenvalue weighted by molar-refractivity contribution is -0.125. The van der Waals surface area contributed by atoms with E-state index in [-0.39, 0.29) is 11.8 Å². The summed E-state index contributed by atoms with van der Waals surface area (Å²) in [5.41, 5.74) is 3.25. The van der Waals surface area contributed by atoms with Crippen molar-refractivity contribution in [1.29, 1.82) is 0 Å². The zero-order chi connectivity index (χ0) is 19.2. The first kappa shape index (κ1) is 18.2. The number of carbonyl (C=O) groups is 1. The van der Waals surface area contributed by atoms with Crippen LogP contribution in [0.25, 0.3) is 11.1 Å². The average molecular weight is 372 g/mol. The molecule has 5 heteroatoms. The maximum atomic E-state index is 12.5. The summed E-state index contributed by atoms with van der Waals surface area (Å²) < 4.78 is 0. The largest absolute Gasteiger partial charge is 0.352 e. The van der Waals surface area contributed by atoms with Gasteiger partial charge >= 0.3 is 0 Å². The van der Waals surface area contributed by atoms with Gasteiger partial charge in [-0.15, -0.1) is 0 Å². The van der Waals surface area contributed by atoms with Crippen molar-refractivity contribution in [2.75, 3.05) is 18.0 Å². The maximum absolute atomic E-state index is 12.5. The maximum Gasteiger partial charge on any atom is 0.225 e. The average Bonchev–Trinajstić information content (AvgIpc) is 2.79. The second-order valence-electron chi connectivity index (χ2n) is 7.10. The van der Waals surface area contributed by atoms with Gasteiger partial charge in [-0.25, -0.2) is 9.97 Å². The zero-order valence-corrected chi connectivity index (χ0v) is 15.8. The Bertz CT molecular complexity index is 889. The first-order valence-corrected chi connectivity index (χ1v) is 9.73. The molecule has 1 saturated heterocycles. The molecule has 1 aliphatic heterocycles. The molecular formula is C23H24N4O. The van der Waals surface area contributed by atoms with Gasteiger partial charge in [-0.2, -0.15) is 0 Å². The molecule has 1 N–H and O–H groups in total. The van der Waals surface area contributed by atoms with Gasteiger partial charge in [0.2, 0.25) is 11.9 Å². The number of rotatable bonds is 5. The van der Waals surface area contributed by atoms with Gasteiger partial charge in [0.15, 0.2) is 0 Å². The molecule has 2 aromatic carbocycles. The Labute approximate surface area is 165 Å². The van der Waals surface area contributed by atoms with Gasteiger partial charge in [-0.3, -0.25) is 4.79 Å². The fraction of sp³-hybridized carbons (Fsp3) is 0.261. The van der Waals surface area contributed by atoms with Gasteiger partial charge in [0.1, 0.15) is 0 Å². The van der Waals surface area contributed by atoms with Crippen LogP contribution < -0.4 is 10.2 Å². The molecule has 0 atom stereocenters. The highest BCUT2D eigenvalue weighted by molar-refractivity contribution is 5.79. The van der Waals surface area contributed by atoms with Gasteiger partial charge in [-0.1, -0.05) is 60.7 Å². The van der Waals surface area contributed by atoms with E-state index in [2.05, 4.69) is 32.3 Å². The van der Waals surface area contributed by atoms with E-state index in [0.29, 0.717) is 6.54 Å². The number of nitrogens with one attached hydrogen (secondary N) is 1. The van der Waals surface area contributed by atoms with Crippen molar-refractivity contribution in [2.45, 2.75) is 19.4 Å². The second-order valence-corrected chi connectivity index (χ2v) is 7.10. The van der Waals surface area contributed by atoms with E-state index in [0.717, 1.165) is 48.6 Å². The smallest absolute Gasteiger partial charge is 0.225 e. The third-order valence-corrected chi connectivity index (χ3v) is 5.20. The standard InChI is InChI=1S/C23H24N4O/c28-22(24-15-18-7-3-1-4-8-18)20-11-13-27(14-12-20)23-25-16-21(17-26-23)19-9-5-2-6-10-19/h1-10,16-17,20H,11-15H2,(H,24,28). The van der Waals surface area contributed by atoms with Crippen LogP contribution >= 0.6 is 0 Å². The van der Waals surface area contributed by atoms with Crippen LogP contribution in [0.4, 0.5) is 5.95 Å². The van der Waals surface area contributed by atoms with Crippen molar-refractivity contribution in [3.05, 3.63) is 78.6 Å². The molecule has 0 spiro atoms. The van der Waals surface area contributed by atoms with Crippen molar-refractivity contribution >= 4 is 11.9 Å². The van der Waals surface area contributed by atoms with Crippen LogP contribution in [-0.4, -0.2) is 29.0 Å². The fourth-order valence-electron chi connectivity index (χ4n) is 3.54. The highest BCUT2D eigenvalue weighted by Gasteiger charge is 2.25. The Morgan fingerprint density at radius 3 is 2.14 bits per heavy atom. The highest BCUT2D eigenvalue weighted by atomic mass is 16.1. The van der Waals surface area contributed by atoms with Crippen LogP contribution in [0, 0.1) is 5.92 Å². The van der Waals surface area contributed by atoms with Crippen LogP contribution in [0.3, 0.4) is 0 Å². The van der Waals surface area contributed by atoms with E-state index < -0.39 is 0 Å². The number of aromatic nitrogens is 2. The summed E-state index contributed by atoms with van der Waals surface area (Å²) in [6.45, 7) is 2.19. The summed E-state index contributed by atoms with van der Waals surface area (Å²) >= 11 is 0. The van der Waals surface area contributed by atoms with Gasteiger partial charge < -0.3 is 10.2 Å². The molecule has 1 amide bonds. The molecule has 5 nitrogen and oxygen atoms in total. The number of benzene rings is 2. The molecule has 28 heavy (non-hydrogen) atoms. The summed E-state index contributed by atoms with van der Waals surface area (Å²) in [5, 5.41) is 3.06. The van der Waals surface area contributed by atoms with Gasteiger partial charge in [0, 0.05) is 43.5 Å². The molecular weight excluding hydrogens is 348 g/mol. The summed E-state index contributed by atoms with van der Waals surface area (Å²) in [6, 6.07) is 20.1. The lowest BCUT2D eigenvalue weighted by Gasteiger charge is -2.31. The van der Waals surface area contributed by atoms with Gasteiger partial charge in [0.05, 0.1) is 0 Å². The molecule has 1 aliphatic rings. The van der Waals surface area contributed by atoms with Crippen LogP contribution in [0.2, 0.25) is 0 Å². The third kappa shape index (κ3) is 4.36. The van der Waals surface area contributed by atoms with E-state index in [4.69, 9.17) is 0 Å². The molecule has 0 bridgehead atoms. The first-order valence-electron chi connectivity index (χ1n) is 9.73. The van der Waals surface area contributed by atoms with E-state index >= 15 is 0 Å². The van der Waals surface area contributed by atoms with Crippen molar-refractivity contribution < 1.29 is 4.79 Å². The van der Waals surface area contributed by atoms with Crippen molar-refractivity contribution in [3.8, 4) is 11.1 Å². The first-order chi connectivity index (χ1) is 13.8. The molecule has 3 aromatic rings. The van der Waals surface area contributed by atoms with Gasteiger partial charge in [-0.05, 0) is 24.0 Å². The molecule has 1 aromatic heterocycles. The lowest BCUT2D eigenvalue weighted by atomic mass is 9.96. The minimum absolute atomic E-state index is 0.0588. The summed E-state index contributed by atoms with van der Waals surface area (Å²) in [7, 11) is 0. The number of piperidine rings is 1. The summed E-state index contributed by atoms with van der Waals surface area (Å²) in [6.07, 6.45) is 5.39. The van der Waals surface area contributed by atoms with E-state index in [1.54, 1.807) is 0 Å². The van der Waals surface area contributed by atoms with Crippen molar-refractivity contribution in [1.82, 2.24) is 15.3 Å². The fourth-order valence-corrected chi connectivity index (χ4v) is 3.54. The SMILES string of the molecule is O=C(NCc1ccccc1)C1CCN(c2ncc(-c3ccccc3)cn2)CC1. The predicted octanol–water partition coefficient (Wildman–Crippen LogP) is 3.68. The van der Waals surface area contributed by atoms with Crippen LogP contribution in [0.5, 0.6) is 0 Å². The molecule has 142 valence electrons. The number of anilines is 1. The van der Waals surface area contributed by atoms with Crippen LogP contribution in [0.15, 0.2) is 73.1 Å². The monoisotopic (exact) mass is 372 g/mol. The molecule has 0 aliphatic carbocycles. The Kier molecular flexibility index (Phi) is 5.61. The second kappa shape index (κ2) is 8.65. The topological polar surface area (TPSA) is 58.1 Å². The van der Waals surface area contributed by atoms with Crippen molar-refractivity contribution in [3.63, 3.8) is 0 Å². The molecule has 0 radical (unpaired) electrons. The van der Waals surface area contributed by atoms with E-state index in [9.17, 15) is 4.79 Å². The molecule has 2 heterocycles. The lowest BCUT2D eigenvalue weighted by Crippen LogP contribution is -2.41. The summed E-state index contributed by atoms with van der Waals surface area (Å²) in [5.74, 6) is 0.940. The van der Waals surface area contributed by atoms with E-state index in [1.807, 2.05) is 60.9 Å². The predicted molar refractivity (Wildman–Crippen MR) is 111 cm³/mol. The molecule has 0 unspecified atom stereocenters. The minimum atomic E-state index is 0.0588. The number of carbonyl (C=O) groups excluding carboxylic acids is 1. The number of hydrogen-bond acceptors (Lipinski definition) is 4. The van der Waals surface area contributed by atoms with Gasteiger partial charge in [0.25, 0.3) is 0 Å². The molecule has 0 saturated carbocycles. The Hall–Kier alpha value is -3.21. The van der Waals surface area contributed by atoms with E-state index in [1.165, 1.54) is 0 Å². The molecule has 4 rings (SSSR count). The Morgan fingerprint density at radius 2 is 1.50 bits per heavy atom. The van der Waals surface area contributed by atoms with Crippen molar-refractivity contribution in [2.24, 2.45) is 5.92 Å². The number of nitrogens with zero attached hydrogens (tertiary/aromatic N) is 3. The Balaban J connectivity index is 1.29. The third-order valence-electron chi connectivity index (χ3n) is 5.20. The molecule has 1 fully saturated rings. The normalized spacial score (nSPS) is 14.6. The minimum Gasteiger partial charge on any atom is -0.352 e. The van der Waals surface area contributed by atoms with Crippen LogP contribution in [0.1, 0.15) is 18.4 Å². The zero-order valence-electron chi connectivity index (χ0n) is 15.8. The number of amides is 1. The Morgan fingerprint density at radius 1 is 0.893 bits per heavy atom. The summed E-state index contributed by atoms with van der Waals surface area (Å²) in [4.78, 5) is 23.7. The quantitative estimate of drug-likeness (QED) is 0.742. The number of hydrogen-bond donors (Lipinski definition) is 1. The van der Waals surface area contributed by atoms with Crippen LogP contribution in [-0.2, 0) is 11.3 Å². The highest BCUT2D eigenvalue weighted by Crippen LogP contribution is 2.23.